The molecule has 24 heavy (non-hydrogen) atoms. The van der Waals surface area contributed by atoms with Crippen molar-refractivity contribution in [2.75, 3.05) is 16.8 Å². The summed E-state index contributed by atoms with van der Waals surface area (Å²) in [5.41, 5.74) is 0.491. The second-order valence-electron chi connectivity index (χ2n) is 6.63. The molecule has 0 radical (unpaired) electrons. The molecule has 0 amide bonds. The minimum absolute atomic E-state index is 0.322. The van der Waals surface area contributed by atoms with E-state index in [1.165, 1.54) is 11.5 Å². The lowest BCUT2D eigenvalue weighted by Gasteiger charge is -2.29. The number of benzene rings is 1. The van der Waals surface area contributed by atoms with Crippen molar-refractivity contribution < 1.29 is 8.42 Å². The summed E-state index contributed by atoms with van der Waals surface area (Å²) in [6, 6.07) is 7.64. The summed E-state index contributed by atoms with van der Waals surface area (Å²) < 4.78 is 33.3. The number of fused-ring (bicyclic) bond motifs is 1. The molecule has 7 nitrogen and oxygen atoms in total. The maximum atomic E-state index is 13.1. The first-order chi connectivity index (χ1) is 11.3. The van der Waals surface area contributed by atoms with Gasteiger partial charge in [-0.15, -0.1) is 0 Å². The molecule has 2 aliphatic rings. The molecule has 1 aliphatic carbocycles. The molecule has 1 unspecified atom stereocenters. The summed E-state index contributed by atoms with van der Waals surface area (Å²) >= 11 is 1.21. The number of aromatic nitrogens is 2. The molecule has 4 rings (SSSR count). The standard InChI is InChI=1S/C15H19N5O2S2/c1-10-16-13(23-17-10)20-12-7-5-4-6-11(12)19(3)14(20)24(21,22)18-15(2)8-9-15/h4-7,14,18H,8-9H2,1-3H3. The number of hydrogen-bond donors (Lipinski definition) is 1. The van der Waals surface area contributed by atoms with Crippen LogP contribution in [-0.4, -0.2) is 35.9 Å². The third kappa shape index (κ3) is 2.47. The normalized spacial score (nSPS) is 21.9. The van der Waals surface area contributed by atoms with Crippen LogP contribution in [0.3, 0.4) is 0 Å². The van der Waals surface area contributed by atoms with Crippen LogP contribution in [0, 0.1) is 6.92 Å². The average molecular weight is 365 g/mol. The Kier molecular flexibility index (Phi) is 3.38. The van der Waals surface area contributed by atoms with Crippen LogP contribution in [0.2, 0.25) is 0 Å². The van der Waals surface area contributed by atoms with Crippen LogP contribution in [0.5, 0.6) is 0 Å². The van der Waals surface area contributed by atoms with Crippen LogP contribution in [0.4, 0.5) is 16.5 Å². The minimum atomic E-state index is -3.62. The average Bonchev–Trinajstić information content (AvgIpc) is 2.94. The first kappa shape index (κ1) is 15.8. The number of hydrogen-bond acceptors (Lipinski definition) is 7. The van der Waals surface area contributed by atoms with Gasteiger partial charge in [0, 0.05) is 24.1 Å². The van der Waals surface area contributed by atoms with Crippen molar-refractivity contribution in [1.29, 1.82) is 0 Å². The highest BCUT2D eigenvalue weighted by molar-refractivity contribution is 7.90. The SMILES string of the molecule is Cc1nsc(N2c3ccccc3N(C)C2S(=O)(=O)NC2(C)CC2)n1. The van der Waals surface area contributed by atoms with E-state index in [4.69, 9.17) is 0 Å². The summed E-state index contributed by atoms with van der Waals surface area (Å²) in [7, 11) is -1.82. The molecule has 128 valence electrons. The smallest absolute Gasteiger partial charge is 0.253 e. The second-order valence-corrected chi connectivity index (χ2v) is 9.07. The molecule has 9 heteroatoms. The Morgan fingerprint density at radius 2 is 1.96 bits per heavy atom. The Labute approximate surface area is 145 Å². The monoisotopic (exact) mass is 365 g/mol. The first-order valence-corrected chi connectivity index (χ1v) is 10.1. The quantitative estimate of drug-likeness (QED) is 0.895. The highest BCUT2D eigenvalue weighted by atomic mass is 32.2. The number of nitrogens with zero attached hydrogens (tertiary/aromatic N) is 4. The maximum absolute atomic E-state index is 13.1. The van der Waals surface area contributed by atoms with E-state index in [1.54, 1.807) is 23.8 Å². The minimum Gasteiger partial charge on any atom is -0.338 e. The van der Waals surface area contributed by atoms with Gasteiger partial charge in [0.25, 0.3) is 10.0 Å². The number of para-hydroxylation sites is 2. The van der Waals surface area contributed by atoms with Crippen molar-refractivity contribution in [1.82, 2.24) is 14.1 Å². The summed E-state index contributed by atoms with van der Waals surface area (Å²) in [5.74, 6) is 0.639. The zero-order valence-electron chi connectivity index (χ0n) is 13.7. The number of aryl methyl sites for hydroxylation is 1. The Morgan fingerprint density at radius 1 is 1.29 bits per heavy atom. The predicted molar refractivity (Wildman–Crippen MR) is 95.1 cm³/mol. The number of nitrogens with one attached hydrogen (secondary N) is 1. The molecular weight excluding hydrogens is 346 g/mol. The molecule has 1 aromatic carbocycles. The third-order valence-electron chi connectivity index (χ3n) is 4.46. The van der Waals surface area contributed by atoms with Gasteiger partial charge in [0.1, 0.15) is 5.82 Å². The van der Waals surface area contributed by atoms with Gasteiger partial charge in [-0.05, 0) is 38.8 Å². The molecule has 1 saturated carbocycles. The van der Waals surface area contributed by atoms with Gasteiger partial charge in [-0.25, -0.2) is 18.1 Å². The van der Waals surface area contributed by atoms with Crippen LogP contribution >= 0.6 is 11.5 Å². The van der Waals surface area contributed by atoms with E-state index in [0.717, 1.165) is 24.2 Å². The van der Waals surface area contributed by atoms with E-state index in [2.05, 4.69) is 14.1 Å². The topological polar surface area (TPSA) is 78.4 Å². The molecule has 1 aromatic heterocycles. The van der Waals surface area contributed by atoms with E-state index < -0.39 is 15.5 Å². The van der Waals surface area contributed by atoms with Gasteiger partial charge in [0.15, 0.2) is 0 Å². The molecular formula is C15H19N5O2S2. The lowest BCUT2D eigenvalue weighted by atomic mass is 10.2. The van der Waals surface area contributed by atoms with Crippen molar-refractivity contribution in [3.63, 3.8) is 0 Å². The molecule has 0 spiro atoms. The van der Waals surface area contributed by atoms with Crippen LogP contribution in [-0.2, 0) is 10.0 Å². The van der Waals surface area contributed by atoms with E-state index in [1.807, 2.05) is 31.2 Å². The van der Waals surface area contributed by atoms with E-state index in [0.29, 0.717) is 11.0 Å². The van der Waals surface area contributed by atoms with Crippen LogP contribution < -0.4 is 14.5 Å². The molecule has 1 atom stereocenters. The lowest BCUT2D eigenvalue weighted by Crippen LogP contribution is -2.52. The van der Waals surface area contributed by atoms with Crippen LogP contribution in [0.1, 0.15) is 25.6 Å². The van der Waals surface area contributed by atoms with Crippen molar-refractivity contribution in [2.45, 2.75) is 37.7 Å². The lowest BCUT2D eigenvalue weighted by molar-refractivity contribution is 0.543. The van der Waals surface area contributed by atoms with Gasteiger partial charge in [0.2, 0.25) is 10.6 Å². The summed E-state index contributed by atoms with van der Waals surface area (Å²) in [4.78, 5) is 7.95. The molecule has 1 N–H and O–H groups in total. The fraction of sp³-hybridized carbons (Fsp3) is 0.467. The fourth-order valence-corrected chi connectivity index (χ4v) is 5.79. The van der Waals surface area contributed by atoms with Gasteiger partial charge in [0.05, 0.1) is 11.4 Å². The molecule has 2 aromatic rings. The van der Waals surface area contributed by atoms with Gasteiger partial charge >= 0.3 is 0 Å². The Balaban J connectivity index is 1.82. The summed E-state index contributed by atoms with van der Waals surface area (Å²) in [5, 5.41) is 0.584. The number of sulfonamides is 1. The number of anilines is 3. The number of rotatable bonds is 4. The third-order valence-corrected chi connectivity index (χ3v) is 7.13. The van der Waals surface area contributed by atoms with Crippen molar-refractivity contribution in [2.24, 2.45) is 0 Å². The Hall–Kier alpha value is -1.71. The Bertz CT molecular complexity index is 891. The first-order valence-electron chi connectivity index (χ1n) is 7.75. The van der Waals surface area contributed by atoms with Gasteiger partial charge in [-0.3, -0.25) is 4.90 Å². The molecule has 2 heterocycles. The molecule has 0 saturated heterocycles. The zero-order valence-corrected chi connectivity index (χ0v) is 15.4. The summed E-state index contributed by atoms with van der Waals surface area (Å²) in [6.07, 6.45) is 1.74. The van der Waals surface area contributed by atoms with Gasteiger partial charge in [-0.1, -0.05) is 12.1 Å². The fourth-order valence-electron chi connectivity index (χ4n) is 2.99. The Morgan fingerprint density at radius 3 is 2.54 bits per heavy atom. The van der Waals surface area contributed by atoms with Gasteiger partial charge < -0.3 is 4.90 Å². The van der Waals surface area contributed by atoms with E-state index >= 15 is 0 Å². The molecule has 1 aliphatic heterocycles. The van der Waals surface area contributed by atoms with Crippen LogP contribution in [0.25, 0.3) is 0 Å². The molecule has 1 fully saturated rings. The van der Waals surface area contributed by atoms with Crippen molar-refractivity contribution in [3.8, 4) is 0 Å². The largest absolute Gasteiger partial charge is 0.338 e. The molecule has 0 bridgehead atoms. The summed E-state index contributed by atoms with van der Waals surface area (Å²) in [6.45, 7) is 3.74. The van der Waals surface area contributed by atoms with Crippen molar-refractivity contribution in [3.05, 3.63) is 30.1 Å². The second kappa shape index (κ2) is 5.14. The van der Waals surface area contributed by atoms with Gasteiger partial charge in [-0.2, -0.15) is 4.37 Å². The van der Waals surface area contributed by atoms with E-state index in [9.17, 15) is 8.42 Å². The zero-order chi connectivity index (χ0) is 17.1. The highest BCUT2D eigenvalue weighted by Gasteiger charge is 2.49. The maximum Gasteiger partial charge on any atom is 0.253 e. The van der Waals surface area contributed by atoms with Crippen LogP contribution in [0.15, 0.2) is 24.3 Å². The predicted octanol–water partition coefficient (Wildman–Crippen LogP) is 2.19. The highest BCUT2D eigenvalue weighted by Crippen LogP contribution is 2.46. The van der Waals surface area contributed by atoms with E-state index in [-0.39, 0.29) is 5.54 Å². The van der Waals surface area contributed by atoms with Crippen molar-refractivity contribution >= 4 is 38.1 Å².